The number of amides is 2. The molecule has 0 spiro atoms. The summed E-state index contributed by atoms with van der Waals surface area (Å²) in [6.45, 7) is 5.09. The van der Waals surface area contributed by atoms with Gasteiger partial charge in [0.05, 0.1) is 0 Å². The number of hydrogen-bond donors (Lipinski definition) is 2. The van der Waals surface area contributed by atoms with Crippen molar-refractivity contribution in [2.45, 2.75) is 58.5 Å². The zero-order valence-electron chi connectivity index (χ0n) is 15.5. The van der Waals surface area contributed by atoms with Gasteiger partial charge in [-0.25, -0.2) is 0 Å². The first-order valence-electron chi connectivity index (χ1n) is 9.47. The van der Waals surface area contributed by atoms with Gasteiger partial charge in [0.25, 0.3) is 0 Å². The molecule has 26 heavy (non-hydrogen) atoms. The standard InChI is InChI=1S/C20H28N2O4/c1-13-4-3-5-16(14(13)2)22-20(24)9-8-19(23)21-11-15-6-7-17-18(10-15)26-12-25-17/h6-7,10,13-14,16H,3-5,8-9,11-12H2,1-2H3,(H,21,23)(H,22,24). The fourth-order valence-corrected chi connectivity index (χ4v) is 3.63. The first kappa shape index (κ1) is 18.5. The third kappa shape index (κ3) is 4.68. The van der Waals surface area contributed by atoms with E-state index in [9.17, 15) is 9.59 Å². The first-order chi connectivity index (χ1) is 12.5. The van der Waals surface area contributed by atoms with Crippen LogP contribution in [0.25, 0.3) is 0 Å². The third-order valence-electron chi connectivity index (χ3n) is 5.56. The molecule has 1 aromatic carbocycles. The number of nitrogens with one attached hydrogen (secondary N) is 2. The molecule has 0 radical (unpaired) electrons. The van der Waals surface area contributed by atoms with Crippen LogP contribution in [-0.4, -0.2) is 24.6 Å². The second-order valence-electron chi connectivity index (χ2n) is 7.41. The Bertz CT molecular complexity index is 661. The maximum Gasteiger partial charge on any atom is 0.231 e. The van der Waals surface area contributed by atoms with E-state index in [0.29, 0.717) is 24.1 Å². The average Bonchev–Trinajstić information content (AvgIpc) is 3.10. The smallest absolute Gasteiger partial charge is 0.231 e. The van der Waals surface area contributed by atoms with Crippen LogP contribution in [0.3, 0.4) is 0 Å². The molecule has 1 saturated carbocycles. The lowest BCUT2D eigenvalue weighted by atomic mass is 9.78. The molecule has 2 N–H and O–H groups in total. The number of carbonyl (C=O) groups is 2. The van der Waals surface area contributed by atoms with Gasteiger partial charge < -0.3 is 20.1 Å². The molecule has 142 valence electrons. The van der Waals surface area contributed by atoms with Crippen LogP contribution in [-0.2, 0) is 16.1 Å². The maximum atomic E-state index is 12.1. The number of fused-ring (bicyclic) bond motifs is 1. The van der Waals surface area contributed by atoms with E-state index in [1.807, 2.05) is 18.2 Å². The SMILES string of the molecule is CC1CCCC(NC(=O)CCC(=O)NCc2ccc3c(c2)OCO3)C1C. The van der Waals surface area contributed by atoms with Gasteiger partial charge in [-0.15, -0.1) is 0 Å². The molecule has 3 unspecified atom stereocenters. The van der Waals surface area contributed by atoms with Crippen LogP contribution in [0.5, 0.6) is 11.5 Å². The van der Waals surface area contributed by atoms with Crippen LogP contribution in [0.15, 0.2) is 18.2 Å². The van der Waals surface area contributed by atoms with E-state index in [0.717, 1.165) is 24.2 Å². The Labute approximate surface area is 154 Å². The summed E-state index contributed by atoms with van der Waals surface area (Å²) in [7, 11) is 0. The Morgan fingerprint density at radius 2 is 1.85 bits per heavy atom. The summed E-state index contributed by atoms with van der Waals surface area (Å²) in [5, 5.41) is 5.96. The van der Waals surface area contributed by atoms with E-state index in [-0.39, 0.29) is 37.5 Å². The predicted molar refractivity (Wildman–Crippen MR) is 97.8 cm³/mol. The summed E-state index contributed by atoms with van der Waals surface area (Å²) in [5.74, 6) is 2.40. The Kier molecular flexibility index (Phi) is 6.01. The van der Waals surface area contributed by atoms with Crippen LogP contribution in [0.2, 0.25) is 0 Å². The third-order valence-corrected chi connectivity index (χ3v) is 5.56. The molecule has 0 saturated heterocycles. The molecule has 1 aromatic rings. The van der Waals surface area contributed by atoms with Crippen molar-refractivity contribution in [3.63, 3.8) is 0 Å². The van der Waals surface area contributed by atoms with Gasteiger partial charge in [-0.2, -0.15) is 0 Å². The molecule has 1 heterocycles. The van der Waals surface area contributed by atoms with Gasteiger partial charge in [0.15, 0.2) is 11.5 Å². The molecule has 0 aromatic heterocycles. The van der Waals surface area contributed by atoms with E-state index in [1.54, 1.807) is 0 Å². The highest BCUT2D eigenvalue weighted by Crippen LogP contribution is 2.32. The number of benzene rings is 1. The summed E-state index contributed by atoms with van der Waals surface area (Å²) in [6, 6.07) is 5.83. The molecule has 6 nitrogen and oxygen atoms in total. The molecular weight excluding hydrogens is 332 g/mol. The van der Waals surface area contributed by atoms with Crippen molar-refractivity contribution in [1.29, 1.82) is 0 Å². The van der Waals surface area contributed by atoms with Crippen molar-refractivity contribution in [3.8, 4) is 11.5 Å². The zero-order valence-corrected chi connectivity index (χ0v) is 15.5. The second-order valence-corrected chi connectivity index (χ2v) is 7.41. The predicted octanol–water partition coefficient (Wildman–Crippen LogP) is 2.75. The fourth-order valence-electron chi connectivity index (χ4n) is 3.63. The van der Waals surface area contributed by atoms with Crippen molar-refractivity contribution in [1.82, 2.24) is 10.6 Å². The van der Waals surface area contributed by atoms with E-state index < -0.39 is 0 Å². The minimum atomic E-state index is -0.122. The first-order valence-corrected chi connectivity index (χ1v) is 9.47. The number of hydrogen-bond acceptors (Lipinski definition) is 4. The molecule has 1 aliphatic heterocycles. The Hall–Kier alpha value is -2.24. The minimum Gasteiger partial charge on any atom is -0.454 e. The number of ether oxygens (including phenoxy) is 2. The Morgan fingerprint density at radius 1 is 1.08 bits per heavy atom. The van der Waals surface area contributed by atoms with Gasteiger partial charge in [0, 0.05) is 25.4 Å². The van der Waals surface area contributed by atoms with Gasteiger partial charge in [0.1, 0.15) is 0 Å². The second kappa shape index (κ2) is 8.43. The van der Waals surface area contributed by atoms with Gasteiger partial charge >= 0.3 is 0 Å². The van der Waals surface area contributed by atoms with Crippen molar-refractivity contribution < 1.29 is 19.1 Å². The fraction of sp³-hybridized carbons (Fsp3) is 0.600. The van der Waals surface area contributed by atoms with Gasteiger partial charge in [-0.05, 0) is 36.0 Å². The van der Waals surface area contributed by atoms with Crippen LogP contribution < -0.4 is 20.1 Å². The summed E-state index contributed by atoms with van der Waals surface area (Å²) in [4.78, 5) is 24.2. The van der Waals surface area contributed by atoms with Gasteiger partial charge in [0.2, 0.25) is 18.6 Å². The summed E-state index contributed by atoms with van der Waals surface area (Å²) < 4.78 is 10.6. The van der Waals surface area contributed by atoms with Crippen LogP contribution in [0, 0.1) is 11.8 Å². The lowest BCUT2D eigenvalue weighted by Crippen LogP contribution is -2.43. The molecule has 6 heteroatoms. The maximum absolute atomic E-state index is 12.1. The van der Waals surface area contributed by atoms with Gasteiger partial charge in [-0.3, -0.25) is 9.59 Å². The van der Waals surface area contributed by atoms with Gasteiger partial charge in [-0.1, -0.05) is 32.8 Å². The molecule has 2 amide bonds. The highest BCUT2D eigenvalue weighted by Gasteiger charge is 2.28. The van der Waals surface area contributed by atoms with E-state index >= 15 is 0 Å². The highest BCUT2D eigenvalue weighted by molar-refractivity contribution is 5.83. The quantitative estimate of drug-likeness (QED) is 0.818. The molecule has 1 aliphatic carbocycles. The Balaban J connectivity index is 1.37. The lowest BCUT2D eigenvalue weighted by Gasteiger charge is -2.34. The van der Waals surface area contributed by atoms with Crippen LogP contribution in [0.1, 0.15) is 51.5 Å². The van der Waals surface area contributed by atoms with Crippen LogP contribution >= 0.6 is 0 Å². The Morgan fingerprint density at radius 3 is 2.69 bits per heavy atom. The van der Waals surface area contributed by atoms with E-state index in [4.69, 9.17) is 9.47 Å². The van der Waals surface area contributed by atoms with E-state index in [2.05, 4.69) is 24.5 Å². The molecule has 2 aliphatic rings. The molecule has 1 fully saturated rings. The molecular formula is C20H28N2O4. The molecule has 3 atom stereocenters. The zero-order chi connectivity index (χ0) is 18.5. The lowest BCUT2D eigenvalue weighted by molar-refractivity contribution is -0.127. The summed E-state index contributed by atoms with van der Waals surface area (Å²) in [6.07, 6.45) is 3.85. The largest absolute Gasteiger partial charge is 0.454 e. The summed E-state index contributed by atoms with van der Waals surface area (Å²) in [5.41, 5.74) is 0.942. The van der Waals surface area contributed by atoms with E-state index in [1.165, 1.54) is 6.42 Å². The molecule has 3 rings (SSSR count). The molecule has 0 bridgehead atoms. The number of carbonyl (C=O) groups excluding carboxylic acids is 2. The summed E-state index contributed by atoms with van der Waals surface area (Å²) >= 11 is 0. The monoisotopic (exact) mass is 360 g/mol. The van der Waals surface area contributed by atoms with Crippen molar-refractivity contribution in [2.75, 3.05) is 6.79 Å². The normalized spacial score (nSPS) is 24.2. The van der Waals surface area contributed by atoms with Crippen molar-refractivity contribution >= 4 is 11.8 Å². The van der Waals surface area contributed by atoms with Crippen molar-refractivity contribution in [3.05, 3.63) is 23.8 Å². The van der Waals surface area contributed by atoms with Crippen LogP contribution in [0.4, 0.5) is 0 Å². The minimum absolute atomic E-state index is 0.0332. The number of rotatable bonds is 6. The topological polar surface area (TPSA) is 76.7 Å². The highest BCUT2D eigenvalue weighted by atomic mass is 16.7. The average molecular weight is 360 g/mol. The van der Waals surface area contributed by atoms with Crippen molar-refractivity contribution in [2.24, 2.45) is 11.8 Å².